The summed E-state index contributed by atoms with van der Waals surface area (Å²) >= 11 is 0. The van der Waals surface area contributed by atoms with Crippen molar-refractivity contribution in [2.45, 2.75) is 39.9 Å². The van der Waals surface area contributed by atoms with Gasteiger partial charge in [0.25, 0.3) is 5.91 Å². The predicted molar refractivity (Wildman–Crippen MR) is 131 cm³/mol. The minimum atomic E-state index is -0.173. The second-order valence-corrected chi connectivity index (χ2v) is 8.34. The highest BCUT2D eigenvalue weighted by atomic mass is 16.2. The van der Waals surface area contributed by atoms with E-state index < -0.39 is 0 Å². The number of para-hydroxylation sites is 3. The number of nitrogens with zero attached hydrogens (tertiary/aromatic N) is 3. The molecule has 2 amide bonds. The van der Waals surface area contributed by atoms with Crippen LogP contribution in [-0.4, -0.2) is 27.4 Å². The molecule has 0 saturated heterocycles. The standard InChI is InChI=1S/C27H28N4O2/c1-19(2)31(22-9-5-4-6-10-22)26(32)18-30-24-12-8-7-11-23(24)29-25(30)17-28-27(33)21-15-13-20(3)14-16-21/h4-16,19H,17-18H2,1-3H3,(H,28,33). The van der Waals surface area contributed by atoms with Gasteiger partial charge in [-0.1, -0.05) is 48.0 Å². The smallest absolute Gasteiger partial charge is 0.251 e. The number of amides is 2. The number of nitrogens with one attached hydrogen (secondary N) is 1. The number of hydrogen-bond donors (Lipinski definition) is 1. The van der Waals surface area contributed by atoms with Gasteiger partial charge in [-0.25, -0.2) is 4.98 Å². The van der Waals surface area contributed by atoms with Crippen molar-refractivity contribution in [3.63, 3.8) is 0 Å². The molecule has 6 nitrogen and oxygen atoms in total. The fourth-order valence-electron chi connectivity index (χ4n) is 3.93. The molecule has 33 heavy (non-hydrogen) atoms. The molecular formula is C27H28N4O2. The first kappa shape index (κ1) is 22.3. The maximum atomic E-state index is 13.4. The Bertz CT molecular complexity index is 1260. The highest BCUT2D eigenvalue weighted by Gasteiger charge is 2.22. The summed E-state index contributed by atoms with van der Waals surface area (Å²) in [5, 5.41) is 2.95. The number of carbonyl (C=O) groups is 2. The van der Waals surface area contributed by atoms with Gasteiger partial charge in [-0.05, 0) is 57.2 Å². The summed E-state index contributed by atoms with van der Waals surface area (Å²) in [6.07, 6.45) is 0. The molecule has 0 fully saturated rings. The van der Waals surface area contributed by atoms with E-state index in [1.807, 2.05) is 92.1 Å². The largest absolute Gasteiger partial charge is 0.345 e. The van der Waals surface area contributed by atoms with Crippen LogP contribution in [0.15, 0.2) is 78.9 Å². The highest BCUT2D eigenvalue weighted by Crippen LogP contribution is 2.20. The van der Waals surface area contributed by atoms with Crippen molar-refractivity contribution in [1.82, 2.24) is 14.9 Å². The first-order valence-corrected chi connectivity index (χ1v) is 11.1. The Hall–Kier alpha value is -3.93. The van der Waals surface area contributed by atoms with Gasteiger partial charge >= 0.3 is 0 Å². The minimum Gasteiger partial charge on any atom is -0.345 e. The Morgan fingerprint density at radius 3 is 2.30 bits per heavy atom. The second kappa shape index (κ2) is 9.69. The molecule has 0 aliphatic heterocycles. The number of carbonyl (C=O) groups excluding carboxylic acids is 2. The van der Waals surface area contributed by atoms with Crippen molar-refractivity contribution in [2.24, 2.45) is 0 Å². The summed E-state index contributed by atoms with van der Waals surface area (Å²) in [5.41, 5.74) is 4.20. The molecule has 1 N–H and O–H groups in total. The van der Waals surface area contributed by atoms with Gasteiger partial charge in [-0.15, -0.1) is 0 Å². The summed E-state index contributed by atoms with van der Waals surface area (Å²) in [4.78, 5) is 32.6. The van der Waals surface area contributed by atoms with Crippen molar-refractivity contribution in [3.8, 4) is 0 Å². The summed E-state index contributed by atoms with van der Waals surface area (Å²) in [6, 6.07) is 24.8. The van der Waals surface area contributed by atoms with E-state index in [-0.39, 0.29) is 30.9 Å². The van der Waals surface area contributed by atoms with Crippen LogP contribution < -0.4 is 10.2 Å². The van der Waals surface area contributed by atoms with E-state index in [0.717, 1.165) is 22.3 Å². The van der Waals surface area contributed by atoms with Gasteiger partial charge in [0.1, 0.15) is 12.4 Å². The average molecular weight is 441 g/mol. The molecule has 6 heteroatoms. The lowest BCUT2D eigenvalue weighted by Gasteiger charge is -2.27. The van der Waals surface area contributed by atoms with Crippen LogP contribution in [-0.2, 0) is 17.9 Å². The SMILES string of the molecule is Cc1ccc(C(=O)NCc2nc3ccccc3n2CC(=O)N(c2ccccc2)C(C)C)cc1. The van der Waals surface area contributed by atoms with Crippen LogP contribution in [0.4, 0.5) is 5.69 Å². The van der Waals surface area contributed by atoms with Crippen LogP contribution in [0.2, 0.25) is 0 Å². The number of fused-ring (bicyclic) bond motifs is 1. The van der Waals surface area contributed by atoms with Gasteiger partial charge in [0.05, 0.1) is 17.6 Å². The molecule has 1 heterocycles. The summed E-state index contributed by atoms with van der Waals surface area (Å²) in [7, 11) is 0. The summed E-state index contributed by atoms with van der Waals surface area (Å²) in [5.74, 6) is 0.431. The van der Waals surface area contributed by atoms with E-state index in [1.165, 1.54) is 0 Å². The number of imidazole rings is 1. The minimum absolute atomic E-state index is 0.000578. The zero-order valence-electron chi connectivity index (χ0n) is 19.2. The molecule has 0 radical (unpaired) electrons. The van der Waals surface area contributed by atoms with E-state index in [9.17, 15) is 9.59 Å². The van der Waals surface area contributed by atoms with Gasteiger partial charge in [0, 0.05) is 17.3 Å². The van der Waals surface area contributed by atoms with Crippen molar-refractivity contribution in [2.75, 3.05) is 4.90 Å². The Kier molecular flexibility index (Phi) is 6.54. The number of hydrogen-bond acceptors (Lipinski definition) is 3. The number of rotatable bonds is 7. The van der Waals surface area contributed by atoms with Crippen molar-refractivity contribution < 1.29 is 9.59 Å². The molecule has 3 aromatic carbocycles. The van der Waals surface area contributed by atoms with Gasteiger partial charge in [-0.2, -0.15) is 0 Å². The highest BCUT2D eigenvalue weighted by molar-refractivity contribution is 5.95. The molecule has 4 rings (SSSR count). The van der Waals surface area contributed by atoms with Crippen LogP contribution in [0.5, 0.6) is 0 Å². The predicted octanol–water partition coefficient (Wildman–Crippen LogP) is 4.72. The topological polar surface area (TPSA) is 67.2 Å². The van der Waals surface area contributed by atoms with Crippen LogP contribution >= 0.6 is 0 Å². The lowest BCUT2D eigenvalue weighted by molar-refractivity contribution is -0.119. The maximum absolute atomic E-state index is 13.4. The molecule has 0 bridgehead atoms. The molecular weight excluding hydrogens is 412 g/mol. The number of benzene rings is 3. The number of anilines is 1. The average Bonchev–Trinajstić information content (AvgIpc) is 3.16. The van der Waals surface area contributed by atoms with E-state index in [2.05, 4.69) is 5.32 Å². The molecule has 168 valence electrons. The summed E-state index contributed by atoms with van der Waals surface area (Å²) in [6.45, 7) is 6.33. The van der Waals surface area contributed by atoms with Crippen LogP contribution in [0.1, 0.15) is 35.6 Å². The van der Waals surface area contributed by atoms with E-state index >= 15 is 0 Å². The fourth-order valence-corrected chi connectivity index (χ4v) is 3.93. The monoisotopic (exact) mass is 440 g/mol. The van der Waals surface area contributed by atoms with Crippen molar-refractivity contribution in [1.29, 1.82) is 0 Å². The zero-order chi connectivity index (χ0) is 23.4. The van der Waals surface area contributed by atoms with E-state index in [4.69, 9.17) is 4.98 Å². The van der Waals surface area contributed by atoms with Gasteiger partial charge < -0.3 is 14.8 Å². The lowest BCUT2D eigenvalue weighted by Crippen LogP contribution is -2.39. The number of aryl methyl sites for hydroxylation is 1. The second-order valence-electron chi connectivity index (χ2n) is 8.34. The van der Waals surface area contributed by atoms with E-state index in [1.54, 1.807) is 17.0 Å². The maximum Gasteiger partial charge on any atom is 0.251 e. The zero-order valence-corrected chi connectivity index (χ0v) is 19.2. The first-order chi connectivity index (χ1) is 15.9. The van der Waals surface area contributed by atoms with Crippen LogP contribution in [0.3, 0.4) is 0 Å². The third-order valence-electron chi connectivity index (χ3n) is 5.57. The van der Waals surface area contributed by atoms with Crippen molar-refractivity contribution >= 4 is 28.5 Å². The third kappa shape index (κ3) is 4.95. The fraction of sp³-hybridized carbons (Fsp3) is 0.222. The Balaban J connectivity index is 1.60. The molecule has 0 aliphatic rings. The number of aromatic nitrogens is 2. The molecule has 0 atom stereocenters. The summed E-state index contributed by atoms with van der Waals surface area (Å²) < 4.78 is 1.89. The normalized spacial score (nSPS) is 11.0. The van der Waals surface area contributed by atoms with Gasteiger partial charge in [0.15, 0.2) is 0 Å². The molecule has 4 aromatic rings. The Labute approximate surface area is 193 Å². The molecule has 0 unspecified atom stereocenters. The quantitative estimate of drug-likeness (QED) is 0.452. The molecule has 1 aromatic heterocycles. The Morgan fingerprint density at radius 2 is 1.61 bits per heavy atom. The van der Waals surface area contributed by atoms with Crippen LogP contribution in [0, 0.1) is 6.92 Å². The van der Waals surface area contributed by atoms with Gasteiger partial charge in [0.2, 0.25) is 5.91 Å². The van der Waals surface area contributed by atoms with Crippen LogP contribution in [0.25, 0.3) is 11.0 Å². The van der Waals surface area contributed by atoms with Gasteiger partial charge in [-0.3, -0.25) is 9.59 Å². The first-order valence-electron chi connectivity index (χ1n) is 11.1. The van der Waals surface area contributed by atoms with E-state index in [0.29, 0.717) is 11.4 Å². The van der Waals surface area contributed by atoms with Crippen molar-refractivity contribution in [3.05, 3.63) is 95.8 Å². The Morgan fingerprint density at radius 1 is 0.939 bits per heavy atom. The molecule has 0 saturated carbocycles. The molecule has 0 aliphatic carbocycles. The lowest BCUT2D eigenvalue weighted by atomic mass is 10.1. The third-order valence-corrected chi connectivity index (χ3v) is 5.57. The molecule has 0 spiro atoms.